The standard InChI is InChI=1S/C15H10FN3OS/c16-9-4-1-3-8(7-9)12-11-13(10-5-2-6-21-10)18-19-14(11)15(20)17-12/h1-7,12H,(H,17,20)(H,18,19). The Morgan fingerprint density at radius 2 is 2.14 bits per heavy atom. The van der Waals surface area contributed by atoms with E-state index in [-0.39, 0.29) is 17.8 Å². The Hall–Kier alpha value is -2.47. The lowest BCUT2D eigenvalue weighted by atomic mass is 9.99. The molecule has 3 heterocycles. The molecule has 4 rings (SSSR count). The number of fused-ring (bicyclic) bond motifs is 1. The molecule has 4 nitrogen and oxygen atoms in total. The molecular weight excluding hydrogens is 289 g/mol. The van der Waals surface area contributed by atoms with Crippen LogP contribution in [0.4, 0.5) is 4.39 Å². The first kappa shape index (κ1) is 12.3. The van der Waals surface area contributed by atoms with Crippen LogP contribution in [0.2, 0.25) is 0 Å². The van der Waals surface area contributed by atoms with Gasteiger partial charge in [-0.1, -0.05) is 18.2 Å². The van der Waals surface area contributed by atoms with Crippen molar-refractivity contribution >= 4 is 17.2 Å². The minimum absolute atomic E-state index is 0.238. The fraction of sp³-hybridized carbons (Fsp3) is 0.0667. The molecule has 1 aromatic carbocycles. The molecule has 3 aromatic rings. The molecule has 1 amide bonds. The topological polar surface area (TPSA) is 57.8 Å². The summed E-state index contributed by atoms with van der Waals surface area (Å²) in [6, 6.07) is 9.79. The van der Waals surface area contributed by atoms with Crippen molar-refractivity contribution in [1.82, 2.24) is 15.5 Å². The Morgan fingerprint density at radius 3 is 2.90 bits per heavy atom. The van der Waals surface area contributed by atoms with Crippen LogP contribution in [0.25, 0.3) is 10.6 Å². The number of thiophene rings is 1. The summed E-state index contributed by atoms with van der Waals surface area (Å²) in [6.45, 7) is 0. The predicted octanol–water partition coefficient (Wildman–Crippen LogP) is 3.11. The van der Waals surface area contributed by atoms with Gasteiger partial charge in [-0.25, -0.2) is 4.39 Å². The van der Waals surface area contributed by atoms with E-state index in [1.807, 2.05) is 17.5 Å². The first-order chi connectivity index (χ1) is 10.2. The van der Waals surface area contributed by atoms with Crippen molar-refractivity contribution in [2.24, 2.45) is 0 Å². The monoisotopic (exact) mass is 299 g/mol. The Balaban J connectivity index is 1.88. The van der Waals surface area contributed by atoms with E-state index >= 15 is 0 Å². The summed E-state index contributed by atoms with van der Waals surface area (Å²) in [6.07, 6.45) is 0. The molecule has 0 spiro atoms. The van der Waals surface area contributed by atoms with Gasteiger partial charge in [-0.05, 0) is 29.1 Å². The highest BCUT2D eigenvalue weighted by Crippen LogP contribution is 2.38. The number of aromatic amines is 1. The molecule has 0 radical (unpaired) electrons. The number of rotatable bonds is 2. The molecule has 1 aliphatic rings. The van der Waals surface area contributed by atoms with Gasteiger partial charge in [-0.3, -0.25) is 9.89 Å². The minimum Gasteiger partial charge on any atom is -0.340 e. The Morgan fingerprint density at radius 1 is 1.24 bits per heavy atom. The molecule has 21 heavy (non-hydrogen) atoms. The van der Waals surface area contributed by atoms with Crippen LogP contribution in [-0.2, 0) is 0 Å². The minimum atomic E-state index is -0.376. The maximum Gasteiger partial charge on any atom is 0.272 e. The number of aromatic nitrogens is 2. The van der Waals surface area contributed by atoms with Crippen molar-refractivity contribution in [3.63, 3.8) is 0 Å². The van der Waals surface area contributed by atoms with E-state index in [0.717, 1.165) is 16.1 Å². The Bertz CT molecular complexity index is 825. The van der Waals surface area contributed by atoms with E-state index in [9.17, 15) is 9.18 Å². The molecule has 0 bridgehead atoms. The maximum absolute atomic E-state index is 13.5. The van der Waals surface area contributed by atoms with Gasteiger partial charge >= 0.3 is 0 Å². The van der Waals surface area contributed by atoms with Gasteiger partial charge in [0.05, 0.1) is 16.6 Å². The lowest BCUT2D eigenvalue weighted by Crippen LogP contribution is -2.21. The van der Waals surface area contributed by atoms with Crippen molar-refractivity contribution in [1.29, 1.82) is 0 Å². The fourth-order valence-electron chi connectivity index (χ4n) is 2.62. The number of nitrogens with zero attached hydrogens (tertiary/aromatic N) is 1. The van der Waals surface area contributed by atoms with Gasteiger partial charge in [0.15, 0.2) is 5.69 Å². The van der Waals surface area contributed by atoms with E-state index in [1.165, 1.54) is 12.1 Å². The molecule has 104 valence electrons. The summed E-state index contributed by atoms with van der Waals surface area (Å²) in [5.74, 6) is -0.560. The number of hydrogen-bond acceptors (Lipinski definition) is 3. The second kappa shape index (κ2) is 4.53. The first-order valence-electron chi connectivity index (χ1n) is 6.42. The lowest BCUT2D eigenvalue weighted by molar-refractivity contribution is 0.0955. The molecule has 2 aromatic heterocycles. The van der Waals surface area contributed by atoms with Crippen LogP contribution >= 0.6 is 11.3 Å². The number of H-pyrrole nitrogens is 1. The molecule has 0 saturated heterocycles. The molecule has 0 aliphatic carbocycles. The third-order valence-electron chi connectivity index (χ3n) is 3.53. The number of amides is 1. The summed E-state index contributed by atoms with van der Waals surface area (Å²) in [5, 5.41) is 11.9. The van der Waals surface area contributed by atoms with Crippen LogP contribution in [0.5, 0.6) is 0 Å². The molecule has 1 unspecified atom stereocenters. The summed E-state index contributed by atoms with van der Waals surface area (Å²) < 4.78 is 13.5. The number of benzene rings is 1. The van der Waals surface area contributed by atoms with Crippen LogP contribution in [0, 0.1) is 5.82 Å². The average Bonchev–Trinajstić information content (AvgIpc) is 3.16. The van der Waals surface area contributed by atoms with Gasteiger partial charge in [0.25, 0.3) is 5.91 Å². The molecule has 1 atom stereocenters. The Kier molecular flexibility index (Phi) is 2.65. The summed E-state index contributed by atoms with van der Waals surface area (Å²) >= 11 is 1.56. The maximum atomic E-state index is 13.5. The highest BCUT2D eigenvalue weighted by molar-refractivity contribution is 7.13. The van der Waals surface area contributed by atoms with Crippen LogP contribution < -0.4 is 5.32 Å². The molecule has 1 aliphatic heterocycles. The number of halogens is 1. The quantitative estimate of drug-likeness (QED) is 0.764. The van der Waals surface area contributed by atoms with E-state index in [1.54, 1.807) is 23.5 Å². The summed E-state index contributed by atoms with van der Waals surface area (Å²) in [5.41, 5.74) is 2.69. The molecule has 6 heteroatoms. The van der Waals surface area contributed by atoms with Gasteiger partial charge in [0.1, 0.15) is 5.82 Å². The van der Waals surface area contributed by atoms with Crippen molar-refractivity contribution < 1.29 is 9.18 Å². The van der Waals surface area contributed by atoms with Crippen molar-refractivity contribution in [3.05, 3.63) is 64.4 Å². The lowest BCUT2D eigenvalue weighted by Gasteiger charge is -2.13. The van der Waals surface area contributed by atoms with Gasteiger partial charge < -0.3 is 5.32 Å². The molecule has 2 N–H and O–H groups in total. The molecule has 0 fully saturated rings. The fourth-order valence-corrected chi connectivity index (χ4v) is 3.36. The number of hydrogen-bond donors (Lipinski definition) is 2. The third kappa shape index (κ3) is 1.87. The number of carbonyl (C=O) groups excluding carboxylic acids is 1. The summed E-state index contributed by atoms with van der Waals surface area (Å²) in [7, 11) is 0. The third-order valence-corrected chi connectivity index (χ3v) is 4.42. The van der Waals surface area contributed by atoms with Crippen molar-refractivity contribution in [3.8, 4) is 10.6 Å². The van der Waals surface area contributed by atoms with Crippen LogP contribution in [0.15, 0.2) is 41.8 Å². The zero-order chi connectivity index (χ0) is 14.4. The normalized spacial score (nSPS) is 16.8. The largest absolute Gasteiger partial charge is 0.340 e. The average molecular weight is 299 g/mol. The molecular formula is C15H10FN3OS. The number of carbonyl (C=O) groups is 1. The number of nitrogens with one attached hydrogen (secondary N) is 2. The van der Waals surface area contributed by atoms with E-state index in [4.69, 9.17) is 0 Å². The van der Waals surface area contributed by atoms with Crippen LogP contribution in [0.1, 0.15) is 27.7 Å². The second-order valence-electron chi connectivity index (χ2n) is 4.80. The molecule has 0 saturated carbocycles. The highest BCUT2D eigenvalue weighted by atomic mass is 32.1. The van der Waals surface area contributed by atoms with E-state index in [0.29, 0.717) is 11.3 Å². The van der Waals surface area contributed by atoms with Crippen LogP contribution in [-0.4, -0.2) is 16.1 Å². The zero-order valence-corrected chi connectivity index (χ0v) is 11.6. The Labute approximate surface area is 123 Å². The van der Waals surface area contributed by atoms with E-state index in [2.05, 4.69) is 15.5 Å². The van der Waals surface area contributed by atoms with Crippen molar-refractivity contribution in [2.45, 2.75) is 6.04 Å². The van der Waals surface area contributed by atoms with Gasteiger partial charge in [-0.15, -0.1) is 11.3 Å². The SMILES string of the molecule is O=C1NC(c2cccc(F)c2)c2c1n[nH]c2-c1cccs1. The van der Waals surface area contributed by atoms with Gasteiger partial charge in [-0.2, -0.15) is 5.10 Å². The smallest absolute Gasteiger partial charge is 0.272 e. The van der Waals surface area contributed by atoms with Gasteiger partial charge in [0, 0.05) is 5.56 Å². The van der Waals surface area contributed by atoms with Crippen LogP contribution in [0.3, 0.4) is 0 Å². The van der Waals surface area contributed by atoms with Gasteiger partial charge in [0.2, 0.25) is 0 Å². The zero-order valence-electron chi connectivity index (χ0n) is 10.8. The second-order valence-corrected chi connectivity index (χ2v) is 5.75. The van der Waals surface area contributed by atoms with Crippen molar-refractivity contribution in [2.75, 3.05) is 0 Å². The highest BCUT2D eigenvalue weighted by Gasteiger charge is 2.36. The first-order valence-corrected chi connectivity index (χ1v) is 7.30. The van der Waals surface area contributed by atoms with E-state index < -0.39 is 0 Å². The predicted molar refractivity (Wildman–Crippen MR) is 77.6 cm³/mol. The summed E-state index contributed by atoms with van der Waals surface area (Å²) in [4.78, 5) is 13.0.